The first-order chi connectivity index (χ1) is 39.3. The van der Waals surface area contributed by atoms with Gasteiger partial charge in [-0.15, -0.1) is 0 Å². The van der Waals surface area contributed by atoms with Gasteiger partial charge in [0.1, 0.15) is 0 Å². The van der Waals surface area contributed by atoms with Crippen LogP contribution in [0.15, 0.2) is 206 Å². The number of nitrogens with zero attached hydrogens (tertiary/aromatic N) is 4. The molecule has 82 heavy (non-hydrogen) atoms. The fraction of sp³-hybridized carbons (Fsp3) is 0.184. The summed E-state index contributed by atoms with van der Waals surface area (Å²) < 4.78 is 5.24. The Morgan fingerprint density at radius 3 is 1.05 bits per heavy atom. The van der Waals surface area contributed by atoms with E-state index in [2.05, 4.69) is 306 Å². The SMILES string of the molecule is CC(C)(C)c1ccc2c(c1)c1c(N(c3ccccc3)c3ccc4ccccc4c3[Si](C)(C)C)ccc3c4cc5c(cc4n2c31)c1ccc(N(c2ccccc2)c2ccc3ccccc3c2[Si](C)(C)C)c2c3cc(C(C)(C)C)ccc3n5c12. The second kappa shape index (κ2) is 17.5. The van der Waals surface area contributed by atoms with Gasteiger partial charge in [0.2, 0.25) is 0 Å². The van der Waals surface area contributed by atoms with Crippen LogP contribution in [0.25, 0.3) is 97.7 Å². The molecule has 4 nitrogen and oxygen atoms in total. The summed E-state index contributed by atoms with van der Waals surface area (Å²) in [6.45, 7) is 29.1. The smallest absolute Gasteiger partial charge is 0.0811 e. The molecule has 0 aliphatic heterocycles. The largest absolute Gasteiger partial charge is 0.310 e. The molecule has 0 aliphatic carbocycles. The van der Waals surface area contributed by atoms with Gasteiger partial charge < -0.3 is 18.6 Å². The summed E-state index contributed by atoms with van der Waals surface area (Å²) in [5.74, 6) is 0. The highest BCUT2D eigenvalue weighted by Gasteiger charge is 2.34. The van der Waals surface area contributed by atoms with Crippen LogP contribution in [0.1, 0.15) is 52.7 Å². The zero-order valence-corrected chi connectivity index (χ0v) is 51.4. The van der Waals surface area contributed by atoms with Gasteiger partial charge in [0.05, 0.1) is 60.6 Å². The van der Waals surface area contributed by atoms with Crippen LogP contribution in [0.3, 0.4) is 0 Å². The molecule has 0 saturated carbocycles. The van der Waals surface area contributed by atoms with E-state index in [9.17, 15) is 0 Å². The molecule has 0 N–H and O–H groups in total. The number of anilines is 6. The average Bonchev–Trinajstić information content (AvgIpc) is 1.59. The van der Waals surface area contributed by atoms with Gasteiger partial charge in [-0.2, -0.15) is 0 Å². The quantitative estimate of drug-likeness (QED) is 0.141. The molecule has 0 radical (unpaired) electrons. The van der Waals surface area contributed by atoms with Crippen molar-refractivity contribution >= 4 is 158 Å². The summed E-state index contributed by atoms with van der Waals surface area (Å²) in [5.41, 5.74) is 17.3. The van der Waals surface area contributed by atoms with Crippen LogP contribution in [0, 0.1) is 0 Å². The standard InChI is InChI=1S/C76H70N4Si2/c1-75(2,3)49-33-39-61-59(43-49)69-63(77(51-25-15-13-16-26-51)65-37-31-47-23-19-21-29-53(47)73(65)81(7,8)9)41-35-55-57-46-68-58(45-67(57)79(61)71(55)69)56-36-42-64(70-60-44-50(76(4,5)6)34-40-62(60)80(68)72(56)70)78(52-27-17-14-18-28-52)66-38-32-48-24-20-22-30-54(48)74(66)82(10,11)12/h13-46H,1-12H3. The molecule has 11 aromatic carbocycles. The van der Waals surface area contributed by atoms with Gasteiger partial charge >= 0.3 is 0 Å². The molecule has 15 rings (SSSR count). The Labute approximate surface area is 483 Å². The summed E-state index contributed by atoms with van der Waals surface area (Å²) in [6, 6.07) is 79.2. The number of aromatic nitrogens is 2. The molecule has 0 saturated heterocycles. The van der Waals surface area contributed by atoms with Gasteiger partial charge in [-0.25, -0.2) is 0 Å². The molecular formula is C76H70N4Si2. The van der Waals surface area contributed by atoms with E-state index in [-0.39, 0.29) is 10.8 Å². The van der Waals surface area contributed by atoms with E-state index in [4.69, 9.17) is 0 Å². The van der Waals surface area contributed by atoms with Crippen molar-refractivity contribution in [3.63, 3.8) is 0 Å². The van der Waals surface area contributed by atoms with Crippen LogP contribution in [-0.4, -0.2) is 24.9 Å². The number of fused-ring (bicyclic) bond motifs is 14. The number of rotatable bonds is 8. The normalized spacial score (nSPS) is 13.1. The van der Waals surface area contributed by atoms with Crippen molar-refractivity contribution in [2.75, 3.05) is 9.80 Å². The first-order valence-corrected chi connectivity index (χ1v) is 36.4. The third kappa shape index (κ3) is 7.39. The van der Waals surface area contributed by atoms with Crippen LogP contribution < -0.4 is 20.2 Å². The molecule has 0 atom stereocenters. The summed E-state index contributed by atoms with van der Waals surface area (Å²) in [5, 5.41) is 18.4. The van der Waals surface area contributed by atoms with Crippen LogP contribution in [0.5, 0.6) is 0 Å². The Balaban J connectivity index is 1.06. The first kappa shape index (κ1) is 50.5. The Morgan fingerprint density at radius 2 is 0.671 bits per heavy atom. The zero-order chi connectivity index (χ0) is 56.5. The van der Waals surface area contributed by atoms with Crippen LogP contribution in [-0.2, 0) is 10.8 Å². The summed E-state index contributed by atoms with van der Waals surface area (Å²) in [4.78, 5) is 5.20. The van der Waals surface area contributed by atoms with E-state index < -0.39 is 16.1 Å². The number of para-hydroxylation sites is 2. The summed E-state index contributed by atoms with van der Waals surface area (Å²) in [7, 11) is -3.94. The predicted octanol–water partition coefficient (Wildman–Crippen LogP) is 20.9. The number of benzene rings is 11. The second-order valence-corrected chi connectivity index (χ2v) is 37.4. The van der Waals surface area contributed by atoms with Crippen LogP contribution in [0.4, 0.5) is 34.1 Å². The highest BCUT2D eigenvalue weighted by atomic mass is 28.3. The van der Waals surface area contributed by atoms with Crippen molar-refractivity contribution in [2.45, 2.75) is 91.7 Å². The minimum Gasteiger partial charge on any atom is -0.310 e. The lowest BCUT2D eigenvalue weighted by Gasteiger charge is -2.33. The van der Waals surface area contributed by atoms with Gasteiger partial charge in [-0.1, -0.05) is 202 Å². The number of hydrogen-bond donors (Lipinski definition) is 0. The van der Waals surface area contributed by atoms with Crippen LogP contribution >= 0.6 is 0 Å². The number of hydrogen-bond acceptors (Lipinski definition) is 2. The fourth-order valence-electron chi connectivity index (χ4n) is 14.3. The molecule has 6 heteroatoms. The average molecular weight is 1100 g/mol. The van der Waals surface area contributed by atoms with Crippen molar-refractivity contribution in [1.82, 2.24) is 8.80 Å². The van der Waals surface area contributed by atoms with Crippen molar-refractivity contribution in [3.05, 3.63) is 217 Å². The Morgan fingerprint density at radius 1 is 0.305 bits per heavy atom. The van der Waals surface area contributed by atoms with Crippen molar-refractivity contribution in [1.29, 1.82) is 0 Å². The summed E-state index contributed by atoms with van der Waals surface area (Å²) in [6.07, 6.45) is 0. The molecule has 0 fully saturated rings. The van der Waals surface area contributed by atoms with E-state index >= 15 is 0 Å². The molecule has 402 valence electrons. The highest BCUT2D eigenvalue weighted by Crippen LogP contribution is 2.52. The van der Waals surface area contributed by atoms with E-state index in [1.807, 2.05) is 0 Å². The molecule has 4 heterocycles. The van der Waals surface area contributed by atoms with Gasteiger partial charge in [-0.05, 0) is 139 Å². The van der Waals surface area contributed by atoms with E-state index in [0.717, 1.165) is 11.4 Å². The Kier molecular flexibility index (Phi) is 10.8. The molecular weight excluding hydrogens is 1030 g/mol. The second-order valence-electron chi connectivity index (χ2n) is 27.4. The molecule has 4 aromatic heterocycles. The lowest BCUT2D eigenvalue weighted by atomic mass is 9.86. The minimum atomic E-state index is -1.97. The van der Waals surface area contributed by atoms with Crippen molar-refractivity contribution in [2.24, 2.45) is 0 Å². The molecule has 0 unspecified atom stereocenters. The highest BCUT2D eigenvalue weighted by molar-refractivity contribution is 6.92. The molecule has 0 aliphatic rings. The Bertz CT molecular complexity index is 4760. The molecule has 0 spiro atoms. The van der Waals surface area contributed by atoms with Gasteiger partial charge in [0, 0.05) is 65.8 Å². The predicted molar refractivity (Wildman–Crippen MR) is 363 cm³/mol. The first-order valence-electron chi connectivity index (χ1n) is 29.4. The van der Waals surface area contributed by atoms with E-state index in [1.54, 1.807) is 0 Å². The lowest BCUT2D eigenvalue weighted by molar-refractivity contribution is 0.591. The van der Waals surface area contributed by atoms with E-state index in [0.29, 0.717) is 0 Å². The topological polar surface area (TPSA) is 15.3 Å². The Hall–Kier alpha value is -8.43. The third-order valence-corrected chi connectivity index (χ3v) is 22.0. The monoisotopic (exact) mass is 1090 g/mol. The van der Waals surface area contributed by atoms with Gasteiger partial charge in [0.15, 0.2) is 0 Å². The summed E-state index contributed by atoms with van der Waals surface area (Å²) >= 11 is 0. The molecule has 0 amide bonds. The van der Waals surface area contributed by atoms with Crippen molar-refractivity contribution < 1.29 is 0 Å². The van der Waals surface area contributed by atoms with E-state index in [1.165, 1.54) is 142 Å². The maximum atomic E-state index is 2.62. The van der Waals surface area contributed by atoms with Crippen LogP contribution in [0.2, 0.25) is 39.3 Å². The zero-order valence-electron chi connectivity index (χ0n) is 49.4. The fourth-order valence-corrected chi connectivity index (χ4v) is 18.3. The molecule has 0 bridgehead atoms. The molecule has 15 aromatic rings. The maximum absolute atomic E-state index is 2.62. The third-order valence-electron chi connectivity index (χ3n) is 18.0. The maximum Gasteiger partial charge on any atom is 0.0811 e. The lowest BCUT2D eigenvalue weighted by Crippen LogP contribution is -2.41. The van der Waals surface area contributed by atoms with Crippen molar-refractivity contribution in [3.8, 4) is 0 Å². The van der Waals surface area contributed by atoms with Gasteiger partial charge in [-0.3, -0.25) is 0 Å². The van der Waals surface area contributed by atoms with Gasteiger partial charge in [0.25, 0.3) is 0 Å². The minimum absolute atomic E-state index is 0.0478.